The van der Waals surface area contributed by atoms with Crippen molar-refractivity contribution in [3.8, 4) is 11.1 Å². The third-order valence-electron chi connectivity index (χ3n) is 4.25. The molecule has 0 saturated carbocycles. The maximum Gasteiger partial charge on any atom is 0.254 e. The smallest absolute Gasteiger partial charge is 0.254 e. The van der Waals surface area contributed by atoms with Crippen molar-refractivity contribution < 1.29 is 4.79 Å². The van der Waals surface area contributed by atoms with Gasteiger partial charge in [0.2, 0.25) is 0 Å². The molecule has 3 heteroatoms. The van der Waals surface area contributed by atoms with Crippen LogP contribution in [0.1, 0.15) is 41.8 Å². The normalized spacial score (nSPS) is 13.8. The molecule has 0 N–H and O–H groups in total. The van der Waals surface area contributed by atoms with Crippen LogP contribution in [-0.4, -0.2) is 22.3 Å². The number of benzene rings is 1. The van der Waals surface area contributed by atoms with Gasteiger partial charge in [-0.05, 0) is 48.1 Å². The molecule has 3 rings (SSSR count). The van der Waals surface area contributed by atoms with Gasteiger partial charge in [-0.3, -0.25) is 9.78 Å². The molecule has 0 saturated heterocycles. The molecule has 0 fully saturated rings. The van der Waals surface area contributed by atoms with Gasteiger partial charge in [-0.15, -0.1) is 0 Å². The minimum atomic E-state index is 0.186. The number of hydrogen-bond donors (Lipinski definition) is 0. The number of hydrogen-bond acceptors (Lipinski definition) is 2. The first kappa shape index (κ1) is 14.8. The average Bonchev–Trinajstić information content (AvgIpc) is 2.83. The van der Waals surface area contributed by atoms with E-state index in [2.05, 4.69) is 37.0 Å². The molecule has 0 aliphatic carbocycles. The Morgan fingerprint density at radius 2 is 2.09 bits per heavy atom. The van der Waals surface area contributed by atoms with E-state index in [0.717, 1.165) is 47.3 Å². The van der Waals surface area contributed by atoms with E-state index in [1.807, 2.05) is 24.1 Å². The number of aryl methyl sites for hydroxylation is 1. The van der Waals surface area contributed by atoms with Crippen LogP contribution in [-0.2, 0) is 6.54 Å². The zero-order valence-electron chi connectivity index (χ0n) is 13.5. The molecule has 0 radical (unpaired) electrons. The number of rotatable bonds is 4. The maximum atomic E-state index is 12.6. The van der Waals surface area contributed by atoms with Crippen LogP contribution >= 0.6 is 0 Å². The Morgan fingerprint density at radius 1 is 1.27 bits per heavy atom. The fraction of sp³-hybridized carbons (Fsp3) is 0.368. The molecule has 0 spiro atoms. The molecule has 0 atom stereocenters. The van der Waals surface area contributed by atoms with Crippen LogP contribution in [0.4, 0.5) is 0 Å². The first-order chi connectivity index (χ1) is 10.6. The van der Waals surface area contributed by atoms with Gasteiger partial charge in [-0.1, -0.05) is 26.0 Å². The van der Waals surface area contributed by atoms with E-state index < -0.39 is 0 Å². The summed E-state index contributed by atoms with van der Waals surface area (Å²) in [6.45, 7) is 7.99. The largest absolute Gasteiger partial charge is 0.334 e. The van der Waals surface area contributed by atoms with E-state index >= 15 is 0 Å². The summed E-state index contributed by atoms with van der Waals surface area (Å²) in [5.41, 5.74) is 5.35. The van der Waals surface area contributed by atoms with Gasteiger partial charge in [0.05, 0.1) is 0 Å². The van der Waals surface area contributed by atoms with Gasteiger partial charge in [0.25, 0.3) is 5.91 Å². The lowest BCUT2D eigenvalue weighted by molar-refractivity contribution is 0.0771. The molecule has 0 bridgehead atoms. The van der Waals surface area contributed by atoms with Gasteiger partial charge in [0.1, 0.15) is 0 Å². The minimum absolute atomic E-state index is 0.186. The Hall–Kier alpha value is -2.16. The summed E-state index contributed by atoms with van der Waals surface area (Å²) in [5.74, 6) is 0.800. The highest BCUT2D eigenvalue weighted by Crippen LogP contribution is 2.31. The minimum Gasteiger partial charge on any atom is -0.334 e. The lowest BCUT2D eigenvalue weighted by Gasteiger charge is -2.16. The highest BCUT2D eigenvalue weighted by Gasteiger charge is 2.29. The molecule has 114 valence electrons. The van der Waals surface area contributed by atoms with Gasteiger partial charge in [-0.2, -0.15) is 0 Å². The van der Waals surface area contributed by atoms with Crippen LogP contribution in [0.3, 0.4) is 0 Å². The molecular formula is C19H22N2O. The number of amides is 1. The number of carbonyl (C=O) groups is 1. The number of pyridine rings is 1. The zero-order chi connectivity index (χ0) is 15.7. The van der Waals surface area contributed by atoms with Crippen molar-refractivity contribution in [3.05, 3.63) is 53.3 Å². The monoisotopic (exact) mass is 294 g/mol. The number of fused-ring (bicyclic) bond motifs is 1. The second-order valence-corrected chi connectivity index (χ2v) is 6.48. The van der Waals surface area contributed by atoms with Crippen molar-refractivity contribution in [1.29, 1.82) is 0 Å². The molecular weight excluding hydrogens is 272 g/mol. The van der Waals surface area contributed by atoms with Crippen molar-refractivity contribution in [3.63, 3.8) is 0 Å². The Morgan fingerprint density at radius 3 is 2.77 bits per heavy atom. The maximum absolute atomic E-state index is 12.6. The zero-order valence-corrected chi connectivity index (χ0v) is 13.5. The van der Waals surface area contributed by atoms with Crippen molar-refractivity contribution >= 4 is 5.91 Å². The van der Waals surface area contributed by atoms with E-state index in [1.165, 1.54) is 0 Å². The number of nitrogens with zero attached hydrogens (tertiary/aromatic N) is 2. The Balaban J connectivity index is 1.91. The highest BCUT2D eigenvalue weighted by molar-refractivity contribution is 6.00. The van der Waals surface area contributed by atoms with E-state index in [9.17, 15) is 4.79 Å². The van der Waals surface area contributed by atoms with Gasteiger partial charge in [0, 0.05) is 36.6 Å². The van der Waals surface area contributed by atoms with Crippen molar-refractivity contribution in [2.75, 3.05) is 6.54 Å². The first-order valence-electron chi connectivity index (χ1n) is 7.89. The fourth-order valence-corrected chi connectivity index (χ4v) is 3.02. The molecule has 1 aliphatic rings. The van der Waals surface area contributed by atoms with Crippen LogP contribution in [0.25, 0.3) is 11.1 Å². The van der Waals surface area contributed by atoms with E-state index in [4.69, 9.17) is 0 Å². The second-order valence-electron chi connectivity index (χ2n) is 6.48. The van der Waals surface area contributed by atoms with E-state index in [1.54, 1.807) is 6.20 Å². The SMILES string of the molecule is Cc1cc(-c2cccnc2)cc2c1C(=O)N(CCC(C)C)C2. The first-order valence-corrected chi connectivity index (χ1v) is 7.89. The van der Waals surface area contributed by atoms with Crippen LogP contribution < -0.4 is 0 Å². The summed E-state index contributed by atoms with van der Waals surface area (Å²) in [5, 5.41) is 0. The van der Waals surface area contributed by atoms with Crippen molar-refractivity contribution in [2.24, 2.45) is 5.92 Å². The van der Waals surface area contributed by atoms with Crippen molar-refractivity contribution in [1.82, 2.24) is 9.88 Å². The summed E-state index contributed by atoms with van der Waals surface area (Å²) in [6.07, 6.45) is 4.70. The second kappa shape index (κ2) is 5.91. The lowest BCUT2D eigenvalue weighted by atomic mass is 9.97. The van der Waals surface area contributed by atoms with Gasteiger partial charge < -0.3 is 4.90 Å². The van der Waals surface area contributed by atoms with Gasteiger partial charge in [0.15, 0.2) is 0 Å². The molecule has 0 unspecified atom stereocenters. The third-order valence-corrected chi connectivity index (χ3v) is 4.25. The molecule has 1 aromatic carbocycles. The summed E-state index contributed by atoms with van der Waals surface area (Å²) in [6, 6.07) is 8.24. The summed E-state index contributed by atoms with van der Waals surface area (Å²) in [4.78, 5) is 18.8. The topological polar surface area (TPSA) is 33.2 Å². The molecule has 1 aliphatic heterocycles. The van der Waals surface area contributed by atoms with Crippen LogP contribution in [0.5, 0.6) is 0 Å². The number of aromatic nitrogens is 1. The molecule has 2 aromatic rings. The highest BCUT2D eigenvalue weighted by atomic mass is 16.2. The summed E-state index contributed by atoms with van der Waals surface area (Å²) < 4.78 is 0. The average molecular weight is 294 g/mol. The standard InChI is InChI=1S/C19H22N2O/c1-13(2)6-8-21-12-17-10-16(15-5-4-7-20-11-15)9-14(3)18(17)19(21)22/h4-5,7,9-11,13H,6,8,12H2,1-3H3. The molecule has 1 amide bonds. The lowest BCUT2D eigenvalue weighted by Crippen LogP contribution is -2.26. The van der Waals surface area contributed by atoms with Crippen LogP contribution in [0, 0.1) is 12.8 Å². The fourth-order valence-electron chi connectivity index (χ4n) is 3.02. The van der Waals surface area contributed by atoms with E-state index in [0.29, 0.717) is 5.92 Å². The summed E-state index contributed by atoms with van der Waals surface area (Å²) >= 11 is 0. The number of carbonyl (C=O) groups excluding carboxylic acids is 1. The summed E-state index contributed by atoms with van der Waals surface area (Å²) in [7, 11) is 0. The predicted molar refractivity (Wildman–Crippen MR) is 88.6 cm³/mol. The Kier molecular flexibility index (Phi) is 3.97. The molecule has 2 heterocycles. The third kappa shape index (κ3) is 2.76. The molecule has 22 heavy (non-hydrogen) atoms. The van der Waals surface area contributed by atoms with Crippen molar-refractivity contribution in [2.45, 2.75) is 33.7 Å². The Bertz CT molecular complexity index is 692. The van der Waals surface area contributed by atoms with Crippen LogP contribution in [0.15, 0.2) is 36.7 Å². The quantitative estimate of drug-likeness (QED) is 0.852. The van der Waals surface area contributed by atoms with Gasteiger partial charge in [-0.25, -0.2) is 0 Å². The van der Waals surface area contributed by atoms with Gasteiger partial charge >= 0.3 is 0 Å². The van der Waals surface area contributed by atoms with E-state index in [-0.39, 0.29) is 5.91 Å². The Labute approximate surface area is 132 Å². The molecule has 3 nitrogen and oxygen atoms in total. The molecule has 1 aromatic heterocycles. The predicted octanol–water partition coefficient (Wildman–Crippen LogP) is 4.06. The van der Waals surface area contributed by atoms with Crippen LogP contribution in [0.2, 0.25) is 0 Å².